The average molecular weight is 328 g/mol. The number of rotatable bonds is 6. The van der Waals surface area contributed by atoms with E-state index in [1.165, 1.54) is 18.7 Å². The molecule has 0 aliphatic rings. The van der Waals surface area contributed by atoms with E-state index in [9.17, 15) is 10.1 Å². The minimum absolute atomic E-state index is 0.208. The molecule has 0 radical (unpaired) electrons. The molecule has 0 atom stereocenters. The SMILES string of the molecule is CSc1nc(NCCOC(C)=O)c(C#N)c(-c2ccccc2)n1. The minimum atomic E-state index is -0.343. The molecule has 0 bridgehead atoms. The first kappa shape index (κ1) is 16.8. The van der Waals surface area contributed by atoms with Gasteiger partial charge in [-0.05, 0) is 6.26 Å². The van der Waals surface area contributed by atoms with Crippen LogP contribution in [0.15, 0.2) is 35.5 Å². The zero-order chi connectivity index (χ0) is 16.7. The molecule has 0 amide bonds. The van der Waals surface area contributed by atoms with Gasteiger partial charge in [0.1, 0.15) is 24.1 Å². The van der Waals surface area contributed by atoms with E-state index in [-0.39, 0.29) is 12.6 Å². The van der Waals surface area contributed by atoms with Crippen LogP contribution in [0, 0.1) is 11.3 Å². The highest BCUT2D eigenvalue weighted by molar-refractivity contribution is 7.98. The summed E-state index contributed by atoms with van der Waals surface area (Å²) in [6.07, 6.45) is 1.87. The predicted molar refractivity (Wildman–Crippen MR) is 89.1 cm³/mol. The first-order valence-electron chi connectivity index (χ1n) is 6.94. The maximum Gasteiger partial charge on any atom is 0.302 e. The predicted octanol–water partition coefficient (Wildman–Crippen LogP) is 2.71. The first-order valence-corrected chi connectivity index (χ1v) is 8.17. The molecule has 23 heavy (non-hydrogen) atoms. The third-order valence-corrected chi connectivity index (χ3v) is 3.48. The van der Waals surface area contributed by atoms with Crippen molar-refractivity contribution in [3.8, 4) is 17.3 Å². The van der Waals surface area contributed by atoms with Gasteiger partial charge < -0.3 is 10.1 Å². The van der Waals surface area contributed by atoms with Gasteiger partial charge in [-0.1, -0.05) is 42.1 Å². The van der Waals surface area contributed by atoms with E-state index in [0.29, 0.717) is 28.8 Å². The van der Waals surface area contributed by atoms with Crippen molar-refractivity contribution in [2.75, 3.05) is 24.7 Å². The van der Waals surface area contributed by atoms with E-state index in [1.54, 1.807) is 0 Å². The maximum atomic E-state index is 10.8. The van der Waals surface area contributed by atoms with E-state index in [2.05, 4.69) is 21.4 Å². The summed E-state index contributed by atoms with van der Waals surface area (Å²) in [6, 6.07) is 11.7. The molecule has 0 spiro atoms. The van der Waals surface area contributed by atoms with Crippen molar-refractivity contribution in [3.63, 3.8) is 0 Å². The van der Waals surface area contributed by atoms with Gasteiger partial charge >= 0.3 is 5.97 Å². The third-order valence-electron chi connectivity index (χ3n) is 2.93. The van der Waals surface area contributed by atoms with Crippen molar-refractivity contribution in [1.82, 2.24) is 9.97 Å². The van der Waals surface area contributed by atoms with Crippen molar-refractivity contribution < 1.29 is 9.53 Å². The van der Waals surface area contributed by atoms with E-state index in [1.807, 2.05) is 36.6 Å². The van der Waals surface area contributed by atoms with Crippen LogP contribution in [0.3, 0.4) is 0 Å². The lowest BCUT2D eigenvalue weighted by Crippen LogP contribution is -2.14. The summed E-state index contributed by atoms with van der Waals surface area (Å²) in [4.78, 5) is 19.6. The van der Waals surface area contributed by atoms with Gasteiger partial charge in [-0.25, -0.2) is 9.97 Å². The fourth-order valence-corrected chi connectivity index (χ4v) is 2.30. The summed E-state index contributed by atoms with van der Waals surface area (Å²) in [6.45, 7) is 1.93. The largest absolute Gasteiger partial charge is 0.464 e. The number of thioether (sulfide) groups is 1. The first-order chi connectivity index (χ1) is 11.2. The highest BCUT2D eigenvalue weighted by Crippen LogP contribution is 2.28. The lowest BCUT2D eigenvalue weighted by Gasteiger charge is -2.12. The number of nitrogens with zero attached hydrogens (tertiary/aromatic N) is 3. The molecule has 2 aromatic rings. The zero-order valence-corrected chi connectivity index (χ0v) is 13.7. The van der Waals surface area contributed by atoms with Crippen molar-refractivity contribution >= 4 is 23.5 Å². The molecular weight excluding hydrogens is 312 g/mol. The Kier molecular flexibility index (Phi) is 5.94. The summed E-state index contributed by atoms with van der Waals surface area (Å²) in [5, 5.41) is 13.1. The number of nitriles is 1. The number of hydrogen-bond acceptors (Lipinski definition) is 7. The molecular formula is C16H16N4O2S. The Labute approximate surface area is 138 Å². The minimum Gasteiger partial charge on any atom is -0.464 e. The fourth-order valence-electron chi connectivity index (χ4n) is 1.93. The van der Waals surface area contributed by atoms with Gasteiger partial charge in [-0.2, -0.15) is 5.26 Å². The molecule has 0 aliphatic carbocycles. The molecule has 1 heterocycles. The van der Waals surface area contributed by atoms with Crippen LogP contribution < -0.4 is 5.32 Å². The maximum absolute atomic E-state index is 10.8. The van der Waals surface area contributed by atoms with E-state index in [0.717, 1.165) is 5.56 Å². The molecule has 2 rings (SSSR count). The van der Waals surface area contributed by atoms with E-state index < -0.39 is 0 Å². The molecule has 0 saturated heterocycles. The third kappa shape index (κ3) is 4.44. The zero-order valence-electron chi connectivity index (χ0n) is 12.9. The Morgan fingerprint density at radius 1 is 1.35 bits per heavy atom. The van der Waals surface area contributed by atoms with Gasteiger partial charge in [0.15, 0.2) is 5.16 Å². The van der Waals surface area contributed by atoms with Crippen LogP contribution in [0.25, 0.3) is 11.3 Å². The Bertz CT molecular complexity index is 729. The highest BCUT2D eigenvalue weighted by atomic mass is 32.2. The van der Waals surface area contributed by atoms with E-state index >= 15 is 0 Å². The van der Waals surface area contributed by atoms with Gasteiger partial charge in [-0.15, -0.1) is 0 Å². The lowest BCUT2D eigenvalue weighted by atomic mass is 10.1. The van der Waals surface area contributed by atoms with Crippen LogP contribution in [-0.2, 0) is 9.53 Å². The number of ether oxygens (including phenoxy) is 1. The summed E-state index contributed by atoms with van der Waals surface area (Å²) in [5.41, 5.74) is 1.81. The Balaban J connectivity index is 2.34. The molecule has 0 aliphatic heterocycles. The van der Waals surface area contributed by atoms with Crippen LogP contribution in [0.2, 0.25) is 0 Å². The van der Waals surface area contributed by atoms with Crippen molar-refractivity contribution in [2.24, 2.45) is 0 Å². The van der Waals surface area contributed by atoms with Crippen LogP contribution >= 0.6 is 11.8 Å². The van der Waals surface area contributed by atoms with Crippen LogP contribution in [0.1, 0.15) is 12.5 Å². The summed E-state index contributed by atoms with van der Waals surface area (Å²) in [5.74, 6) is 0.0997. The van der Waals surface area contributed by atoms with Crippen LogP contribution in [-0.4, -0.2) is 35.3 Å². The van der Waals surface area contributed by atoms with Crippen molar-refractivity contribution in [1.29, 1.82) is 5.26 Å². The molecule has 0 fully saturated rings. The second-order valence-corrected chi connectivity index (χ2v) is 5.30. The topological polar surface area (TPSA) is 87.9 Å². The average Bonchev–Trinajstić information content (AvgIpc) is 2.58. The molecule has 118 valence electrons. The number of esters is 1. The number of aromatic nitrogens is 2. The van der Waals surface area contributed by atoms with Gasteiger partial charge in [-0.3, -0.25) is 4.79 Å². The van der Waals surface area contributed by atoms with E-state index in [4.69, 9.17) is 4.74 Å². The number of anilines is 1. The molecule has 0 saturated carbocycles. The number of benzene rings is 1. The van der Waals surface area contributed by atoms with Gasteiger partial charge in [0, 0.05) is 12.5 Å². The molecule has 1 aromatic heterocycles. The lowest BCUT2D eigenvalue weighted by molar-refractivity contribution is -0.140. The molecule has 1 aromatic carbocycles. The van der Waals surface area contributed by atoms with Gasteiger partial charge in [0.25, 0.3) is 0 Å². The fraction of sp³-hybridized carbons (Fsp3) is 0.250. The van der Waals surface area contributed by atoms with Crippen LogP contribution in [0.5, 0.6) is 0 Å². The second-order valence-electron chi connectivity index (χ2n) is 4.53. The Morgan fingerprint density at radius 3 is 2.70 bits per heavy atom. The monoisotopic (exact) mass is 328 g/mol. The molecule has 6 nitrogen and oxygen atoms in total. The second kappa shape index (κ2) is 8.15. The number of carbonyl (C=O) groups excluding carboxylic acids is 1. The molecule has 0 unspecified atom stereocenters. The number of nitrogens with one attached hydrogen (secondary N) is 1. The standard InChI is InChI=1S/C16H16N4O2S/c1-11(21)22-9-8-18-15-13(10-17)14(19-16(20-15)23-2)12-6-4-3-5-7-12/h3-7H,8-9H2,1-2H3,(H,18,19,20). The van der Waals surface area contributed by atoms with Gasteiger partial charge in [0.2, 0.25) is 0 Å². The highest BCUT2D eigenvalue weighted by Gasteiger charge is 2.15. The quantitative estimate of drug-likeness (QED) is 0.377. The smallest absolute Gasteiger partial charge is 0.302 e. The summed E-state index contributed by atoms with van der Waals surface area (Å²) < 4.78 is 4.88. The van der Waals surface area contributed by atoms with Crippen LogP contribution in [0.4, 0.5) is 5.82 Å². The Hall–Kier alpha value is -2.59. The van der Waals surface area contributed by atoms with Gasteiger partial charge in [0.05, 0.1) is 12.2 Å². The summed E-state index contributed by atoms with van der Waals surface area (Å²) in [7, 11) is 0. The van der Waals surface area contributed by atoms with Crippen molar-refractivity contribution in [3.05, 3.63) is 35.9 Å². The van der Waals surface area contributed by atoms with Crippen molar-refractivity contribution in [2.45, 2.75) is 12.1 Å². The normalized spacial score (nSPS) is 9.96. The molecule has 1 N–H and O–H groups in total. The summed E-state index contributed by atoms with van der Waals surface area (Å²) >= 11 is 1.40. The Morgan fingerprint density at radius 2 is 2.09 bits per heavy atom. The molecule has 7 heteroatoms. The number of hydrogen-bond donors (Lipinski definition) is 1. The number of carbonyl (C=O) groups is 1.